The van der Waals surface area contributed by atoms with Crippen LogP contribution in [-0.2, 0) is 14.8 Å². The Morgan fingerprint density at radius 1 is 1.03 bits per heavy atom. The summed E-state index contributed by atoms with van der Waals surface area (Å²) in [4.78, 5) is 12.4. The van der Waals surface area contributed by atoms with Crippen molar-refractivity contribution in [1.82, 2.24) is 5.32 Å². The fourth-order valence-corrected chi connectivity index (χ4v) is 4.07. The molecule has 1 N–H and O–H groups in total. The highest BCUT2D eigenvalue weighted by atomic mass is 32.2. The zero-order valence-electron chi connectivity index (χ0n) is 17.2. The van der Waals surface area contributed by atoms with Crippen LogP contribution in [0.3, 0.4) is 0 Å². The van der Waals surface area contributed by atoms with E-state index in [0.717, 1.165) is 11.8 Å². The van der Waals surface area contributed by atoms with Gasteiger partial charge < -0.3 is 14.8 Å². The monoisotopic (exact) mass is 420 g/mol. The summed E-state index contributed by atoms with van der Waals surface area (Å²) in [5.41, 5.74) is 1.34. The van der Waals surface area contributed by atoms with Gasteiger partial charge in [-0.3, -0.25) is 9.10 Å². The molecule has 29 heavy (non-hydrogen) atoms. The second kappa shape index (κ2) is 10.2. The van der Waals surface area contributed by atoms with Crippen molar-refractivity contribution in [3.63, 3.8) is 0 Å². The molecular weight excluding hydrogens is 392 g/mol. The van der Waals surface area contributed by atoms with Gasteiger partial charge in [-0.2, -0.15) is 0 Å². The van der Waals surface area contributed by atoms with Crippen molar-refractivity contribution in [3.8, 4) is 11.5 Å². The van der Waals surface area contributed by atoms with Gasteiger partial charge in [0.25, 0.3) is 0 Å². The molecule has 1 amide bonds. The molecule has 158 valence electrons. The van der Waals surface area contributed by atoms with Gasteiger partial charge in [0.2, 0.25) is 15.9 Å². The number of sulfonamides is 1. The van der Waals surface area contributed by atoms with Gasteiger partial charge in [-0.15, -0.1) is 0 Å². The first-order valence-electron chi connectivity index (χ1n) is 9.31. The summed E-state index contributed by atoms with van der Waals surface area (Å²) < 4.78 is 36.4. The standard InChI is InChI=1S/C21H28N2O5S/c1-16(17-10-5-7-12-19(17)27-2)22-21(24)14-9-15-23(29(4,25)26)18-11-6-8-13-20(18)28-3/h5-8,10-13,16H,9,14-15H2,1-4H3,(H,22,24). The molecule has 8 heteroatoms. The van der Waals surface area contributed by atoms with E-state index in [4.69, 9.17) is 9.47 Å². The highest BCUT2D eigenvalue weighted by Crippen LogP contribution is 2.30. The number of hydrogen-bond acceptors (Lipinski definition) is 5. The molecule has 1 atom stereocenters. The van der Waals surface area contributed by atoms with E-state index >= 15 is 0 Å². The number of carbonyl (C=O) groups is 1. The lowest BCUT2D eigenvalue weighted by atomic mass is 10.1. The summed E-state index contributed by atoms with van der Waals surface area (Å²) in [5, 5.41) is 2.93. The first-order chi connectivity index (χ1) is 13.8. The third kappa shape index (κ3) is 6.12. The lowest BCUT2D eigenvalue weighted by molar-refractivity contribution is -0.121. The van der Waals surface area contributed by atoms with Crippen molar-refractivity contribution in [2.45, 2.75) is 25.8 Å². The van der Waals surface area contributed by atoms with Crippen molar-refractivity contribution < 1.29 is 22.7 Å². The van der Waals surface area contributed by atoms with E-state index in [1.165, 1.54) is 11.4 Å². The van der Waals surface area contributed by atoms with Gasteiger partial charge in [0, 0.05) is 18.5 Å². The molecule has 0 bridgehead atoms. The van der Waals surface area contributed by atoms with E-state index < -0.39 is 10.0 Å². The Labute approximate surface area is 172 Å². The zero-order valence-corrected chi connectivity index (χ0v) is 18.0. The van der Waals surface area contributed by atoms with Gasteiger partial charge in [-0.25, -0.2) is 8.42 Å². The van der Waals surface area contributed by atoms with Gasteiger partial charge in [0.15, 0.2) is 0 Å². The third-order valence-electron chi connectivity index (χ3n) is 4.50. The van der Waals surface area contributed by atoms with Crippen LogP contribution >= 0.6 is 0 Å². The summed E-state index contributed by atoms with van der Waals surface area (Å²) in [7, 11) is -0.438. The summed E-state index contributed by atoms with van der Waals surface area (Å²) >= 11 is 0. The lowest BCUT2D eigenvalue weighted by Crippen LogP contribution is -2.33. The second-order valence-electron chi connectivity index (χ2n) is 6.64. The molecule has 0 saturated carbocycles. The number of rotatable bonds is 10. The number of methoxy groups -OCH3 is 2. The van der Waals surface area contributed by atoms with Crippen molar-refractivity contribution in [2.75, 3.05) is 31.3 Å². The van der Waals surface area contributed by atoms with Crippen molar-refractivity contribution in [3.05, 3.63) is 54.1 Å². The minimum Gasteiger partial charge on any atom is -0.496 e. The Balaban J connectivity index is 2.00. The molecule has 0 aliphatic carbocycles. The SMILES string of the molecule is COc1ccccc1C(C)NC(=O)CCCN(c1ccccc1OC)S(C)(=O)=O. The molecule has 2 aromatic carbocycles. The number of nitrogens with one attached hydrogen (secondary N) is 1. The molecule has 7 nitrogen and oxygen atoms in total. The van der Waals surface area contributed by atoms with Crippen LogP contribution in [0.1, 0.15) is 31.4 Å². The molecule has 0 heterocycles. The molecular formula is C21H28N2O5S. The first kappa shape index (κ1) is 22.5. The Bertz CT molecular complexity index is 930. The number of nitrogens with zero attached hydrogens (tertiary/aromatic N) is 1. The molecule has 1 unspecified atom stereocenters. The smallest absolute Gasteiger partial charge is 0.232 e. The molecule has 0 aliphatic rings. The average Bonchev–Trinajstić information content (AvgIpc) is 2.70. The van der Waals surface area contributed by atoms with E-state index in [9.17, 15) is 13.2 Å². The number of benzene rings is 2. The van der Waals surface area contributed by atoms with Crippen molar-refractivity contribution >= 4 is 21.6 Å². The van der Waals surface area contributed by atoms with Crippen LogP contribution in [0.25, 0.3) is 0 Å². The Morgan fingerprint density at radius 3 is 2.24 bits per heavy atom. The quantitative estimate of drug-likeness (QED) is 0.638. The van der Waals surface area contributed by atoms with Crippen LogP contribution in [0, 0.1) is 0 Å². The Hall–Kier alpha value is -2.74. The molecule has 2 aromatic rings. The van der Waals surface area contributed by atoms with E-state index in [1.54, 1.807) is 31.4 Å². The minimum absolute atomic E-state index is 0.156. The maximum Gasteiger partial charge on any atom is 0.232 e. The first-order valence-corrected chi connectivity index (χ1v) is 11.2. The number of ether oxygens (including phenoxy) is 2. The maximum absolute atomic E-state index is 12.4. The average molecular weight is 421 g/mol. The van der Waals surface area contributed by atoms with E-state index in [-0.39, 0.29) is 24.9 Å². The minimum atomic E-state index is -3.52. The van der Waals surface area contributed by atoms with Crippen LogP contribution in [0.4, 0.5) is 5.69 Å². The van der Waals surface area contributed by atoms with Crippen LogP contribution in [0.15, 0.2) is 48.5 Å². The summed E-state index contributed by atoms with van der Waals surface area (Å²) in [6.45, 7) is 2.06. The molecule has 2 rings (SSSR count). The Kier molecular flexibility index (Phi) is 7.90. The highest BCUT2D eigenvalue weighted by Gasteiger charge is 2.21. The number of hydrogen-bond donors (Lipinski definition) is 1. The molecule has 0 radical (unpaired) electrons. The topological polar surface area (TPSA) is 84.9 Å². The molecule has 0 fully saturated rings. The normalized spacial score (nSPS) is 12.1. The highest BCUT2D eigenvalue weighted by molar-refractivity contribution is 7.92. The van der Waals surface area contributed by atoms with E-state index in [0.29, 0.717) is 23.6 Å². The molecule has 0 aromatic heterocycles. The molecule has 0 spiro atoms. The van der Waals surface area contributed by atoms with Crippen LogP contribution in [0.5, 0.6) is 11.5 Å². The predicted molar refractivity (Wildman–Crippen MR) is 114 cm³/mol. The van der Waals surface area contributed by atoms with Gasteiger partial charge in [0.1, 0.15) is 11.5 Å². The van der Waals surface area contributed by atoms with Crippen LogP contribution in [-0.4, -0.2) is 41.3 Å². The number of carbonyl (C=O) groups excluding carboxylic acids is 1. The van der Waals surface area contributed by atoms with Gasteiger partial charge in [0.05, 0.1) is 32.2 Å². The van der Waals surface area contributed by atoms with E-state index in [1.807, 2.05) is 31.2 Å². The van der Waals surface area contributed by atoms with Crippen LogP contribution in [0.2, 0.25) is 0 Å². The lowest BCUT2D eigenvalue weighted by Gasteiger charge is -2.24. The predicted octanol–water partition coefficient (Wildman–Crippen LogP) is 3.13. The van der Waals surface area contributed by atoms with Crippen LogP contribution < -0.4 is 19.1 Å². The van der Waals surface area contributed by atoms with Gasteiger partial charge >= 0.3 is 0 Å². The zero-order chi connectivity index (χ0) is 21.4. The van der Waals surface area contributed by atoms with Crippen molar-refractivity contribution in [2.24, 2.45) is 0 Å². The fraction of sp³-hybridized carbons (Fsp3) is 0.381. The van der Waals surface area contributed by atoms with Gasteiger partial charge in [-0.1, -0.05) is 30.3 Å². The van der Waals surface area contributed by atoms with E-state index in [2.05, 4.69) is 5.32 Å². The summed E-state index contributed by atoms with van der Waals surface area (Å²) in [5.74, 6) is 1.02. The number of amides is 1. The third-order valence-corrected chi connectivity index (χ3v) is 5.68. The van der Waals surface area contributed by atoms with Crippen molar-refractivity contribution in [1.29, 1.82) is 0 Å². The molecule has 0 aliphatic heterocycles. The largest absolute Gasteiger partial charge is 0.496 e. The second-order valence-corrected chi connectivity index (χ2v) is 8.55. The summed E-state index contributed by atoms with van der Waals surface area (Å²) in [6.07, 6.45) is 1.71. The van der Waals surface area contributed by atoms with Gasteiger partial charge in [-0.05, 0) is 31.5 Å². The maximum atomic E-state index is 12.4. The number of para-hydroxylation sites is 3. The summed E-state index contributed by atoms with van der Waals surface area (Å²) in [6, 6.07) is 14.2. The fourth-order valence-electron chi connectivity index (χ4n) is 3.10. The molecule has 0 saturated heterocycles. The Morgan fingerprint density at radius 2 is 1.62 bits per heavy atom. The number of anilines is 1.